The molecule has 5 rings (SSSR count). The number of hydrogen-bond donors (Lipinski definition) is 1. The molecule has 3 aromatic heterocycles. The Hall–Kier alpha value is -4.19. The summed E-state index contributed by atoms with van der Waals surface area (Å²) in [6, 6.07) is 26.1. The number of nitrogens with zero attached hydrogens (tertiary/aromatic N) is 3. The minimum absolute atomic E-state index is 0.198. The van der Waals surface area contributed by atoms with Gasteiger partial charge in [-0.25, -0.2) is 4.98 Å². The highest BCUT2D eigenvalue weighted by molar-refractivity contribution is 6.06. The Morgan fingerprint density at radius 1 is 0.900 bits per heavy atom. The first kappa shape index (κ1) is 17.9. The summed E-state index contributed by atoms with van der Waals surface area (Å²) in [5.74, 6) is -0.288. The van der Waals surface area contributed by atoms with E-state index in [1.807, 2.05) is 66.7 Å². The summed E-state index contributed by atoms with van der Waals surface area (Å²) < 4.78 is 3.30. The number of hydrogen-bond acceptors (Lipinski definition) is 3. The van der Waals surface area contributed by atoms with E-state index in [-0.39, 0.29) is 11.5 Å². The molecule has 2 aromatic carbocycles. The fraction of sp³-hybridized carbons (Fsp3) is 0.0417. The minimum atomic E-state index is -0.288. The van der Waals surface area contributed by atoms with Gasteiger partial charge in [0.2, 0.25) is 0 Å². The summed E-state index contributed by atoms with van der Waals surface area (Å²) >= 11 is 0. The van der Waals surface area contributed by atoms with Gasteiger partial charge in [-0.05, 0) is 35.9 Å². The van der Waals surface area contributed by atoms with Gasteiger partial charge >= 0.3 is 0 Å². The molecule has 0 aliphatic heterocycles. The minimum Gasteiger partial charge on any atom is -0.321 e. The fourth-order valence-corrected chi connectivity index (χ4v) is 3.58. The van der Waals surface area contributed by atoms with Crippen LogP contribution < -0.4 is 10.9 Å². The van der Waals surface area contributed by atoms with E-state index in [0.29, 0.717) is 34.6 Å². The number of pyridine rings is 1. The number of aromatic nitrogens is 3. The highest BCUT2D eigenvalue weighted by atomic mass is 16.2. The Kier molecular flexibility index (Phi) is 4.37. The van der Waals surface area contributed by atoms with Crippen LogP contribution in [0.2, 0.25) is 0 Å². The molecule has 146 valence electrons. The third-order valence-corrected chi connectivity index (χ3v) is 5.02. The normalized spacial score (nSPS) is 11.1. The SMILES string of the molecule is O=C(Nc1ccccc1)c1cc2c(=O)n3ccccc3nc2n1Cc1ccccc1. The summed E-state index contributed by atoms with van der Waals surface area (Å²) in [4.78, 5) is 30.9. The Bertz CT molecular complexity index is 1420. The quantitative estimate of drug-likeness (QED) is 0.502. The summed E-state index contributed by atoms with van der Waals surface area (Å²) in [6.07, 6.45) is 1.68. The highest BCUT2D eigenvalue weighted by Crippen LogP contribution is 2.20. The molecule has 0 unspecified atom stereocenters. The number of nitrogens with one attached hydrogen (secondary N) is 1. The lowest BCUT2D eigenvalue weighted by atomic mass is 10.2. The van der Waals surface area contributed by atoms with Crippen LogP contribution in [-0.2, 0) is 6.54 Å². The Balaban J connectivity index is 1.70. The number of carbonyl (C=O) groups is 1. The largest absolute Gasteiger partial charge is 0.321 e. The Labute approximate surface area is 172 Å². The van der Waals surface area contributed by atoms with Gasteiger partial charge in [0.05, 0.1) is 5.39 Å². The molecule has 5 aromatic rings. The molecular weight excluding hydrogens is 376 g/mol. The molecule has 6 heteroatoms. The van der Waals surface area contributed by atoms with E-state index in [9.17, 15) is 9.59 Å². The van der Waals surface area contributed by atoms with E-state index in [1.165, 1.54) is 4.40 Å². The number of benzene rings is 2. The average Bonchev–Trinajstić information content (AvgIpc) is 3.14. The molecule has 3 heterocycles. The van der Waals surface area contributed by atoms with Crippen LogP contribution >= 0.6 is 0 Å². The van der Waals surface area contributed by atoms with E-state index in [0.717, 1.165) is 5.56 Å². The topological polar surface area (TPSA) is 68.4 Å². The zero-order valence-corrected chi connectivity index (χ0v) is 16.0. The van der Waals surface area contributed by atoms with Crippen molar-refractivity contribution in [3.05, 3.63) is 113 Å². The number of rotatable bonds is 4. The van der Waals surface area contributed by atoms with Crippen LogP contribution in [0.1, 0.15) is 16.1 Å². The van der Waals surface area contributed by atoms with Gasteiger partial charge in [0, 0.05) is 18.4 Å². The molecule has 0 atom stereocenters. The second-order valence-corrected chi connectivity index (χ2v) is 7.00. The standard InChI is InChI=1S/C24H18N4O2/c29-23(25-18-11-5-2-6-12-18)20-15-19-22(28(20)16-17-9-3-1-4-10-17)26-21-13-7-8-14-27(21)24(19)30/h1-15H,16H2,(H,25,29). The third-order valence-electron chi connectivity index (χ3n) is 5.02. The number of carbonyl (C=O) groups excluding carboxylic acids is 1. The molecule has 1 amide bonds. The molecule has 30 heavy (non-hydrogen) atoms. The lowest BCUT2D eigenvalue weighted by Gasteiger charge is -2.11. The summed E-state index contributed by atoms with van der Waals surface area (Å²) in [5, 5.41) is 3.32. The van der Waals surface area contributed by atoms with Crippen molar-refractivity contribution in [3.8, 4) is 0 Å². The molecule has 0 aliphatic carbocycles. The molecule has 0 saturated carbocycles. The fourth-order valence-electron chi connectivity index (χ4n) is 3.58. The lowest BCUT2D eigenvalue weighted by molar-refractivity contribution is 0.101. The number of anilines is 1. The predicted octanol–water partition coefficient (Wildman–Crippen LogP) is 3.95. The first-order valence-electron chi connectivity index (χ1n) is 9.62. The van der Waals surface area contributed by atoms with Crippen molar-refractivity contribution in [2.45, 2.75) is 6.54 Å². The van der Waals surface area contributed by atoms with Crippen molar-refractivity contribution in [1.82, 2.24) is 14.0 Å². The molecule has 0 radical (unpaired) electrons. The van der Waals surface area contributed by atoms with Gasteiger partial charge < -0.3 is 9.88 Å². The van der Waals surface area contributed by atoms with E-state index >= 15 is 0 Å². The highest BCUT2D eigenvalue weighted by Gasteiger charge is 2.20. The van der Waals surface area contributed by atoms with Crippen LogP contribution in [0.25, 0.3) is 16.7 Å². The monoisotopic (exact) mass is 394 g/mol. The molecular formula is C24H18N4O2. The second-order valence-electron chi connectivity index (χ2n) is 7.00. The smallest absolute Gasteiger partial charge is 0.272 e. The van der Waals surface area contributed by atoms with Gasteiger partial charge in [0.15, 0.2) is 0 Å². The van der Waals surface area contributed by atoms with Crippen molar-refractivity contribution < 1.29 is 4.79 Å². The lowest BCUT2D eigenvalue weighted by Crippen LogP contribution is -2.18. The Morgan fingerprint density at radius 3 is 2.37 bits per heavy atom. The van der Waals surface area contributed by atoms with E-state index < -0.39 is 0 Å². The number of para-hydroxylation sites is 1. The summed E-state index contributed by atoms with van der Waals surface area (Å²) in [6.45, 7) is 0.428. The van der Waals surface area contributed by atoms with Crippen molar-refractivity contribution in [2.24, 2.45) is 0 Å². The predicted molar refractivity (Wildman–Crippen MR) is 117 cm³/mol. The van der Waals surface area contributed by atoms with Gasteiger partial charge in [-0.2, -0.15) is 0 Å². The molecule has 0 spiro atoms. The van der Waals surface area contributed by atoms with Gasteiger partial charge in [-0.15, -0.1) is 0 Å². The van der Waals surface area contributed by atoms with E-state index in [1.54, 1.807) is 29.0 Å². The summed E-state index contributed by atoms with van der Waals surface area (Å²) in [7, 11) is 0. The molecule has 0 fully saturated rings. The number of fused-ring (bicyclic) bond motifs is 2. The van der Waals surface area contributed by atoms with Crippen LogP contribution in [0.3, 0.4) is 0 Å². The van der Waals surface area contributed by atoms with Crippen LogP contribution in [-0.4, -0.2) is 19.9 Å². The molecule has 0 saturated heterocycles. The maximum atomic E-state index is 13.1. The van der Waals surface area contributed by atoms with Crippen molar-refractivity contribution in [2.75, 3.05) is 5.32 Å². The van der Waals surface area contributed by atoms with Crippen molar-refractivity contribution in [3.63, 3.8) is 0 Å². The first-order chi connectivity index (χ1) is 14.7. The van der Waals surface area contributed by atoms with Gasteiger partial charge in [0.25, 0.3) is 11.5 Å². The third kappa shape index (κ3) is 3.14. The Morgan fingerprint density at radius 2 is 1.60 bits per heavy atom. The second kappa shape index (κ2) is 7.33. The van der Waals surface area contributed by atoms with Gasteiger partial charge in [-0.1, -0.05) is 54.6 Å². The molecule has 1 N–H and O–H groups in total. The van der Waals surface area contributed by atoms with E-state index in [2.05, 4.69) is 5.32 Å². The molecule has 0 aliphatic rings. The molecule has 6 nitrogen and oxygen atoms in total. The van der Waals surface area contributed by atoms with Crippen LogP contribution in [0.4, 0.5) is 5.69 Å². The van der Waals surface area contributed by atoms with Crippen LogP contribution in [0.5, 0.6) is 0 Å². The van der Waals surface area contributed by atoms with Gasteiger partial charge in [0.1, 0.15) is 17.0 Å². The zero-order chi connectivity index (χ0) is 20.5. The molecule has 0 bridgehead atoms. The van der Waals surface area contributed by atoms with E-state index in [4.69, 9.17) is 4.98 Å². The van der Waals surface area contributed by atoms with Crippen molar-refractivity contribution in [1.29, 1.82) is 0 Å². The zero-order valence-electron chi connectivity index (χ0n) is 16.0. The van der Waals surface area contributed by atoms with Crippen LogP contribution in [0, 0.1) is 0 Å². The van der Waals surface area contributed by atoms with Crippen LogP contribution in [0.15, 0.2) is 95.9 Å². The number of amides is 1. The van der Waals surface area contributed by atoms with Crippen molar-refractivity contribution >= 4 is 28.3 Å². The maximum Gasteiger partial charge on any atom is 0.272 e. The summed E-state index contributed by atoms with van der Waals surface area (Å²) in [5.41, 5.74) is 2.92. The van der Waals surface area contributed by atoms with Gasteiger partial charge in [-0.3, -0.25) is 14.0 Å². The first-order valence-corrected chi connectivity index (χ1v) is 9.62. The maximum absolute atomic E-state index is 13.1. The average molecular weight is 394 g/mol.